The maximum Gasteiger partial charge on any atom is 0.264 e. The van der Waals surface area contributed by atoms with Crippen LogP contribution in [0.5, 0.6) is 0 Å². The summed E-state index contributed by atoms with van der Waals surface area (Å²) in [5, 5.41) is 2.76. The van der Waals surface area contributed by atoms with Gasteiger partial charge in [-0.1, -0.05) is 31.9 Å². The lowest BCUT2D eigenvalue weighted by Crippen LogP contribution is -2.15. The van der Waals surface area contributed by atoms with Crippen LogP contribution in [-0.4, -0.2) is 18.8 Å². The number of rotatable bonds is 0. The Bertz CT molecular complexity index is 2240. The smallest absolute Gasteiger partial charge is 0.264 e. The lowest BCUT2D eigenvalue weighted by Gasteiger charge is -2.04. The lowest BCUT2D eigenvalue weighted by molar-refractivity contribution is 1.19. The Balaban J connectivity index is 1.72. The first-order chi connectivity index (χ1) is 16.0. The molecule has 0 saturated heterocycles. The second-order valence-corrected chi connectivity index (χ2v) is 10.9. The van der Waals surface area contributed by atoms with Gasteiger partial charge in [-0.3, -0.25) is 18.4 Å². The molecular weight excluding hydrogens is 568 g/mol. The number of nitrogens with zero attached hydrogens (tertiary/aromatic N) is 4. The summed E-state index contributed by atoms with van der Waals surface area (Å²) in [6.45, 7) is 0. The molecule has 0 radical (unpaired) electrons. The summed E-state index contributed by atoms with van der Waals surface area (Å²) in [5.74, 6) is 0. The molecule has 156 valence electrons. The van der Waals surface area contributed by atoms with Crippen LogP contribution >= 0.6 is 43.2 Å². The number of pyridine rings is 2. The molecular formula is C24H8Br2N4O2S. The molecule has 8 aromatic rings. The van der Waals surface area contributed by atoms with Gasteiger partial charge in [0.1, 0.15) is 0 Å². The van der Waals surface area contributed by atoms with Crippen LogP contribution < -0.4 is 11.1 Å². The van der Waals surface area contributed by atoms with Crippen molar-refractivity contribution in [2.24, 2.45) is 0 Å². The molecule has 3 aromatic carbocycles. The van der Waals surface area contributed by atoms with Crippen LogP contribution in [0.3, 0.4) is 0 Å². The second-order valence-electron chi connectivity index (χ2n) is 8.09. The molecule has 0 bridgehead atoms. The average Bonchev–Trinajstić information content (AvgIpc) is 3.47. The summed E-state index contributed by atoms with van der Waals surface area (Å²) < 4.78 is 6.91. The Morgan fingerprint density at radius 2 is 1.24 bits per heavy atom. The first-order valence-corrected chi connectivity index (χ1v) is 12.5. The summed E-state index contributed by atoms with van der Waals surface area (Å²) in [6, 6.07) is 15.0. The third-order valence-corrected chi connectivity index (χ3v) is 8.54. The monoisotopic (exact) mass is 574 g/mol. The Labute approximate surface area is 203 Å². The third kappa shape index (κ3) is 2.09. The molecule has 9 heteroatoms. The summed E-state index contributed by atoms with van der Waals surface area (Å²) in [4.78, 5) is 36.8. The Morgan fingerprint density at radius 1 is 0.667 bits per heavy atom. The normalized spacial score (nSPS) is 12.8. The predicted molar refractivity (Wildman–Crippen MR) is 140 cm³/mol. The molecule has 0 aliphatic heterocycles. The van der Waals surface area contributed by atoms with E-state index < -0.39 is 0 Å². The fourth-order valence-electron chi connectivity index (χ4n) is 5.01. The van der Waals surface area contributed by atoms with E-state index in [2.05, 4.69) is 31.9 Å². The fraction of sp³-hybridized carbons (Fsp3) is 0. The number of imidazole rings is 2. The van der Waals surface area contributed by atoms with E-state index in [1.54, 1.807) is 20.9 Å². The Hall–Kier alpha value is -3.14. The summed E-state index contributed by atoms with van der Waals surface area (Å²) in [6.07, 6.45) is 0. The highest BCUT2D eigenvalue weighted by Gasteiger charge is 2.24. The largest absolute Gasteiger partial charge is 0.268 e. The molecule has 0 fully saturated rings. The van der Waals surface area contributed by atoms with Crippen LogP contribution in [0.4, 0.5) is 0 Å². The third-order valence-electron chi connectivity index (χ3n) is 6.37. The minimum absolute atomic E-state index is 0.131. The van der Waals surface area contributed by atoms with Crippen molar-refractivity contribution in [1.29, 1.82) is 0 Å². The van der Waals surface area contributed by atoms with Crippen LogP contribution in [0.2, 0.25) is 0 Å². The van der Waals surface area contributed by atoms with Crippen molar-refractivity contribution in [1.82, 2.24) is 18.8 Å². The van der Waals surface area contributed by atoms with Gasteiger partial charge in [0.25, 0.3) is 11.1 Å². The van der Waals surface area contributed by atoms with Crippen molar-refractivity contribution in [3.63, 3.8) is 0 Å². The zero-order chi connectivity index (χ0) is 22.2. The van der Waals surface area contributed by atoms with Gasteiger partial charge in [0, 0.05) is 30.5 Å². The van der Waals surface area contributed by atoms with E-state index in [-0.39, 0.29) is 11.1 Å². The highest BCUT2D eigenvalue weighted by Crippen LogP contribution is 2.43. The number of hydrogen-bond donors (Lipinski definition) is 0. The zero-order valence-electron chi connectivity index (χ0n) is 16.4. The predicted octanol–water partition coefficient (Wildman–Crippen LogP) is 5.93. The summed E-state index contributed by atoms with van der Waals surface area (Å²) in [7, 11) is 0. The molecule has 0 N–H and O–H groups in total. The summed E-state index contributed by atoms with van der Waals surface area (Å²) >= 11 is 8.54. The minimum Gasteiger partial charge on any atom is -0.268 e. The second kappa shape index (κ2) is 5.85. The van der Waals surface area contributed by atoms with E-state index in [0.717, 1.165) is 51.2 Å². The van der Waals surface area contributed by atoms with Gasteiger partial charge in [-0.15, -0.1) is 11.3 Å². The van der Waals surface area contributed by atoms with Crippen molar-refractivity contribution in [2.45, 2.75) is 0 Å². The van der Waals surface area contributed by atoms with Crippen molar-refractivity contribution >= 4 is 108 Å². The fourth-order valence-corrected chi connectivity index (χ4v) is 7.00. The first kappa shape index (κ1) is 18.3. The van der Waals surface area contributed by atoms with Gasteiger partial charge in [0.05, 0.1) is 31.5 Å². The van der Waals surface area contributed by atoms with Gasteiger partial charge >= 0.3 is 0 Å². The molecule has 0 unspecified atom stereocenters. The number of thiophene rings is 1. The van der Waals surface area contributed by atoms with Crippen LogP contribution in [0.1, 0.15) is 0 Å². The van der Waals surface area contributed by atoms with Crippen molar-refractivity contribution in [2.75, 3.05) is 0 Å². The molecule has 0 atom stereocenters. The van der Waals surface area contributed by atoms with E-state index in [1.165, 1.54) is 11.3 Å². The molecule has 0 aliphatic rings. The van der Waals surface area contributed by atoms with Crippen LogP contribution in [0.25, 0.3) is 64.3 Å². The number of aromatic nitrogens is 4. The zero-order valence-corrected chi connectivity index (χ0v) is 20.4. The molecule has 8 rings (SSSR count). The van der Waals surface area contributed by atoms with Gasteiger partial charge in [-0.05, 0) is 48.5 Å². The summed E-state index contributed by atoms with van der Waals surface area (Å²) in [5.41, 5.74) is 3.97. The van der Waals surface area contributed by atoms with Crippen molar-refractivity contribution in [3.05, 3.63) is 78.2 Å². The maximum atomic E-state index is 13.6. The van der Waals surface area contributed by atoms with Crippen LogP contribution in [0, 0.1) is 0 Å². The van der Waals surface area contributed by atoms with Gasteiger partial charge in [-0.25, -0.2) is 9.97 Å². The number of benzene rings is 3. The van der Waals surface area contributed by atoms with Gasteiger partial charge < -0.3 is 0 Å². The highest BCUT2D eigenvalue weighted by atomic mass is 79.9. The Kier molecular flexibility index (Phi) is 3.25. The molecule has 6 nitrogen and oxygen atoms in total. The van der Waals surface area contributed by atoms with E-state index in [4.69, 9.17) is 9.97 Å². The quantitative estimate of drug-likeness (QED) is 0.210. The molecule has 5 heterocycles. The number of hydrogen-bond acceptors (Lipinski definition) is 5. The van der Waals surface area contributed by atoms with Crippen molar-refractivity contribution < 1.29 is 0 Å². The van der Waals surface area contributed by atoms with Crippen LogP contribution in [0.15, 0.2) is 67.1 Å². The van der Waals surface area contributed by atoms with E-state index >= 15 is 0 Å². The molecule has 5 aromatic heterocycles. The molecule has 0 spiro atoms. The number of halogens is 2. The van der Waals surface area contributed by atoms with Crippen LogP contribution in [-0.2, 0) is 0 Å². The van der Waals surface area contributed by atoms with Gasteiger partial charge in [0.15, 0.2) is 11.3 Å². The molecule has 33 heavy (non-hydrogen) atoms. The highest BCUT2D eigenvalue weighted by molar-refractivity contribution is 9.10. The maximum absolute atomic E-state index is 13.6. The van der Waals surface area contributed by atoms with Gasteiger partial charge in [-0.2, -0.15) is 0 Å². The van der Waals surface area contributed by atoms with E-state index in [9.17, 15) is 9.59 Å². The first-order valence-electron chi connectivity index (χ1n) is 10.1. The van der Waals surface area contributed by atoms with E-state index in [0.29, 0.717) is 22.1 Å². The lowest BCUT2D eigenvalue weighted by atomic mass is 10.0. The number of fused-ring (bicyclic) bond motifs is 8. The standard InChI is InChI=1S/C24H8Br2N4O2S/c25-9-2-6-15-14(7-9)28-22-20-17-11(23(31)29(15)22)3-4-12-18(17)19(33-20)21-27-13-5-1-10(26)8-16(13)30(21)24(12)32/h1-8H. The Morgan fingerprint density at radius 3 is 1.94 bits per heavy atom. The van der Waals surface area contributed by atoms with Crippen molar-refractivity contribution in [3.8, 4) is 0 Å². The van der Waals surface area contributed by atoms with Gasteiger partial charge in [0.2, 0.25) is 0 Å². The average molecular weight is 576 g/mol. The SMILES string of the molecule is O=c1c2ccc3c(=O)n4c5cc(Br)ccc5nc4c4sc(c2c34)c2nc3cc(Br)ccc3n12. The molecule has 0 saturated carbocycles. The van der Waals surface area contributed by atoms with E-state index in [1.807, 2.05) is 36.4 Å². The molecule has 0 aliphatic carbocycles. The topological polar surface area (TPSA) is 68.7 Å². The molecule has 0 amide bonds. The minimum atomic E-state index is -0.135.